The molecule has 1 spiro atoms. The van der Waals surface area contributed by atoms with Crippen LogP contribution in [0.5, 0.6) is 5.75 Å². The van der Waals surface area contributed by atoms with E-state index in [0.29, 0.717) is 56.2 Å². The maximum Gasteiger partial charge on any atom is 0.419 e. The second-order valence-electron chi connectivity index (χ2n) is 16.6. The van der Waals surface area contributed by atoms with Crippen LogP contribution in [0.25, 0.3) is 0 Å². The van der Waals surface area contributed by atoms with Crippen LogP contribution < -0.4 is 30.5 Å². The number of imide groups is 1. The van der Waals surface area contributed by atoms with E-state index in [0.717, 1.165) is 29.1 Å². The van der Waals surface area contributed by atoms with Gasteiger partial charge in [0.15, 0.2) is 10.8 Å². The lowest BCUT2D eigenvalue weighted by Crippen LogP contribution is -2.58. The van der Waals surface area contributed by atoms with Crippen LogP contribution in [0.2, 0.25) is 0 Å². The number of carbonyl (C=O) groups is 4. The molecule has 3 aromatic rings. The fourth-order valence-electron chi connectivity index (χ4n) is 8.74. The first-order valence-electron chi connectivity index (χ1n) is 20.5. The first kappa shape index (κ1) is 44.3. The number of piperazine rings is 1. The average Bonchev–Trinajstić information content (AvgIpc) is 3.42. The fourth-order valence-corrected chi connectivity index (χ4v) is 9.20. The van der Waals surface area contributed by atoms with Crippen LogP contribution in [0, 0.1) is 17.1 Å². The summed E-state index contributed by atoms with van der Waals surface area (Å²) in [7, 11) is 0. The number of amides is 4. The Morgan fingerprint density at radius 2 is 1.77 bits per heavy atom. The molecular weight excluding hydrogens is 831 g/mol. The molecule has 1 saturated carbocycles. The smallest absolute Gasteiger partial charge is 0.419 e. The number of nitrogens with zero attached hydrogens (tertiary/aromatic N) is 6. The summed E-state index contributed by atoms with van der Waals surface area (Å²) >= 11 is 5.81. The standard InChI is InChI=1S/C43H47F4N9O5S/c1-24(2)32-17-30(56-41(62)55(40(60)42(56)10-5-11-42)31-18-33(43(45,46)47)35(19-48)49-20-31)6-8-36(32)61-13-12-53-21-25(3)54(26(4)22-53)23-38(58)51-29-15-27(44)14-28(16-29)50-34-7-9-37(57)52-39(34)59/h6,8,14-18,20,24-26,34,50H,5,7,9-13,21-23H2,1-4H3,(H,51,58)(H,52,57,59)/t25-,26?,34?/m1/s1. The highest BCUT2D eigenvalue weighted by Gasteiger charge is 2.60. The van der Waals surface area contributed by atoms with E-state index < -0.39 is 46.6 Å². The lowest BCUT2D eigenvalue weighted by Gasteiger charge is -2.44. The fraction of sp³-hybridized carbons (Fsp3) is 0.465. The van der Waals surface area contributed by atoms with Gasteiger partial charge < -0.3 is 20.3 Å². The number of aromatic nitrogens is 1. The predicted molar refractivity (Wildman–Crippen MR) is 226 cm³/mol. The second kappa shape index (κ2) is 17.6. The first-order chi connectivity index (χ1) is 29.4. The highest BCUT2D eigenvalue weighted by molar-refractivity contribution is 7.81. The van der Waals surface area contributed by atoms with Crippen molar-refractivity contribution < 1.29 is 41.5 Å². The molecule has 62 heavy (non-hydrogen) atoms. The zero-order valence-electron chi connectivity index (χ0n) is 34.6. The third kappa shape index (κ3) is 8.94. The molecule has 2 aromatic carbocycles. The summed E-state index contributed by atoms with van der Waals surface area (Å²) in [5.74, 6) is -1.56. The Kier molecular flexibility index (Phi) is 12.6. The summed E-state index contributed by atoms with van der Waals surface area (Å²) in [6.07, 6.45) is -1.70. The third-order valence-corrected chi connectivity index (χ3v) is 12.3. The highest BCUT2D eigenvalue weighted by Crippen LogP contribution is 2.49. The number of alkyl halides is 3. The van der Waals surface area contributed by atoms with Crippen LogP contribution in [-0.4, -0.2) is 100.0 Å². The molecule has 4 heterocycles. The van der Waals surface area contributed by atoms with Gasteiger partial charge in [-0.3, -0.25) is 39.2 Å². The van der Waals surface area contributed by atoms with Crippen LogP contribution in [0.4, 0.5) is 40.3 Å². The van der Waals surface area contributed by atoms with Gasteiger partial charge in [0.1, 0.15) is 35.8 Å². The third-order valence-electron chi connectivity index (χ3n) is 11.9. The number of ether oxygens (including phenoxy) is 1. The summed E-state index contributed by atoms with van der Waals surface area (Å²) < 4.78 is 62.5. The topological polar surface area (TPSA) is 163 Å². The van der Waals surface area contributed by atoms with Gasteiger partial charge >= 0.3 is 6.18 Å². The normalized spacial score (nSPS) is 21.8. The van der Waals surface area contributed by atoms with Crippen LogP contribution in [0.3, 0.4) is 0 Å². The number of anilines is 4. The molecule has 4 amide bonds. The van der Waals surface area contributed by atoms with Crippen molar-refractivity contribution in [3.8, 4) is 11.8 Å². The van der Waals surface area contributed by atoms with E-state index in [1.54, 1.807) is 17.0 Å². The molecule has 2 unspecified atom stereocenters. The molecule has 3 saturated heterocycles. The van der Waals surface area contributed by atoms with E-state index in [9.17, 15) is 42.0 Å². The number of rotatable bonds is 12. The van der Waals surface area contributed by atoms with Gasteiger partial charge in [0.05, 0.1) is 24.0 Å². The maximum absolute atomic E-state index is 14.5. The predicted octanol–water partition coefficient (Wildman–Crippen LogP) is 5.92. The van der Waals surface area contributed by atoms with Gasteiger partial charge in [0.25, 0.3) is 5.91 Å². The van der Waals surface area contributed by atoms with Crippen molar-refractivity contribution in [2.45, 2.75) is 95.6 Å². The maximum atomic E-state index is 14.5. The number of halogens is 4. The molecule has 328 valence electrons. The SMILES string of the molecule is CC(C)c1cc(N2C(=S)N(c3cnc(C#N)c(C(F)(F)F)c3)C(=O)C23CCC3)ccc1OCCN1CC(C)N(CC(=O)Nc2cc(F)cc(NC3CCC(=O)NC3=O)c2)[C@H](C)C1. The van der Waals surface area contributed by atoms with Crippen LogP contribution in [-0.2, 0) is 25.4 Å². The van der Waals surface area contributed by atoms with E-state index in [2.05, 4.69) is 30.7 Å². The Morgan fingerprint density at radius 1 is 1.06 bits per heavy atom. The number of pyridine rings is 1. The molecule has 0 radical (unpaired) electrons. The van der Waals surface area contributed by atoms with Gasteiger partial charge in [-0.15, -0.1) is 0 Å². The van der Waals surface area contributed by atoms with E-state index >= 15 is 0 Å². The van der Waals surface area contributed by atoms with Crippen LogP contribution in [0.1, 0.15) is 82.5 Å². The first-order valence-corrected chi connectivity index (χ1v) is 20.9. The minimum atomic E-state index is -4.86. The number of thiocarbonyl (C=S) groups is 1. The van der Waals surface area contributed by atoms with E-state index in [1.807, 2.05) is 39.8 Å². The number of nitrogens with one attached hydrogen (secondary N) is 3. The Morgan fingerprint density at radius 3 is 2.40 bits per heavy atom. The molecule has 4 fully saturated rings. The number of carbonyl (C=O) groups excluding carboxylic acids is 4. The number of benzene rings is 2. The van der Waals surface area contributed by atoms with E-state index in [1.165, 1.54) is 18.2 Å². The van der Waals surface area contributed by atoms with Gasteiger partial charge in [-0.05, 0) is 106 Å². The van der Waals surface area contributed by atoms with E-state index in [4.69, 9.17) is 17.0 Å². The van der Waals surface area contributed by atoms with Crippen molar-refractivity contribution in [1.29, 1.82) is 5.26 Å². The van der Waals surface area contributed by atoms with Crippen LogP contribution >= 0.6 is 12.2 Å². The summed E-state index contributed by atoms with van der Waals surface area (Å²) in [5, 5.41) is 17.3. The molecule has 1 aliphatic carbocycles. The van der Waals surface area contributed by atoms with Crippen molar-refractivity contribution in [2.75, 3.05) is 53.2 Å². The summed E-state index contributed by atoms with van der Waals surface area (Å²) in [5.41, 5.74) is -1.23. The molecule has 1 aromatic heterocycles. The summed E-state index contributed by atoms with van der Waals surface area (Å²) in [6.45, 7) is 10.4. The number of nitriles is 1. The van der Waals surface area contributed by atoms with Crippen molar-refractivity contribution in [3.63, 3.8) is 0 Å². The second-order valence-corrected chi connectivity index (χ2v) is 17.0. The van der Waals surface area contributed by atoms with Crippen molar-refractivity contribution in [1.82, 2.24) is 20.1 Å². The number of piperidine rings is 1. The molecule has 14 nitrogen and oxygen atoms in total. The van der Waals surface area contributed by atoms with Gasteiger partial charge in [-0.2, -0.15) is 18.4 Å². The van der Waals surface area contributed by atoms with Crippen molar-refractivity contribution >= 4 is 63.7 Å². The molecule has 4 aliphatic rings. The van der Waals surface area contributed by atoms with Crippen molar-refractivity contribution in [2.24, 2.45) is 0 Å². The molecule has 0 bridgehead atoms. The van der Waals surface area contributed by atoms with Gasteiger partial charge in [0.2, 0.25) is 17.7 Å². The molecule has 3 N–H and O–H groups in total. The Bertz CT molecular complexity index is 2320. The molecule has 19 heteroatoms. The molecule has 3 aliphatic heterocycles. The highest BCUT2D eigenvalue weighted by atomic mass is 32.1. The van der Waals surface area contributed by atoms with Gasteiger partial charge in [-0.1, -0.05) is 13.8 Å². The lowest BCUT2D eigenvalue weighted by molar-refractivity contribution is -0.138. The van der Waals surface area contributed by atoms with Gasteiger partial charge in [-0.25, -0.2) is 9.37 Å². The van der Waals surface area contributed by atoms with Crippen LogP contribution in [0.15, 0.2) is 48.7 Å². The Labute approximate surface area is 361 Å². The Balaban J connectivity index is 0.963. The average molecular weight is 878 g/mol. The Hall–Kier alpha value is -5.71. The number of hydrogen-bond donors (Lipinski definition) is 3. The van der Waals surface area contributed by atoms with Gasteiger partial charge in [0, 0.05) is 55.2 Å². The molecule has 3 atom stereocenters. The summed E-state index contributed by atoms with van der Waals surface area (Å²) in [6, 6.07) is 11.0. The van der Waals surface area contributed by atoms with E-state index in [-0.39, 0.29) is 65.7 Å². The van der Waals surface area contributed by atoms with Crippen molar-refractivity contribution in [3.05, 3.63) is 71.3 Å². The zero-order valence-corrected chi connectivity index (χ0v) is 35.5. The minimum absolute atomic E-state index is 0.00205. The lowest BCUT2D eigenvalue weighted by atomic mass is 9.75. The molecular formula is C43H47F4N9O5S. The minimum Gasteiger partial charge on any atom is -0.492 e. The monoisotopic (exact) mass is 877 g/mol. The molecule has 7 rings (SSSR count). The zero-order chi connectivity index (χ0) is 44.7. The quantitative estimate of drug-likeness (QED) is 0.112. The number of hydrogen-bond acceptors (Lipinski definition) is 11. The summed E-state index contributed by atoms with van der Waals surface area (Å²) in [4.78, 5) is 61.8. The largest absolute Gasteiger partial charge is 0.492 e.